The van der Waals surface area contributed by atoms with Crippen molar-refractivity contribution in [2.24, 2.45) is 0 Å². The molecule has 0 spiro atoms. The lowest BCUT2D eigenvalue weighted by molar-refractivity contribution is 0.547. The zero-order valence-corrected chi connectivity index (χ0v) is 21.7. The van der Waals surface area contributed by atoms with Crippen molar-refractivity contribution < 1.29 is 0 Å². The van der Waals surface area contributed by atoms with Crippen molar-refractivity contribution in [1.29, 1.82) is 0 Å². The van der Waals surface area contributed by atoms with Gasteiger partial charge in [-0.3, -0.25) is 0 Å². The summed E-state index contributed by atoms with van der Waals surface area (Å²) in [5.74, 6) is 0. The molecule has 0 bridgehead atoms. The van der Waals surface area contributed by atoms with Crippen LogP contribution < -0.4 is 21.3 Å². The van der Waals surface area contributed by atoms with Gasteiger partial charge in [0, 0.05) is 0 Å². The Balaban J connectivity index is -0.000000270. The van der Waals surface area contributed by atoms with Crippen molar-refractivity contribution in [1.82, 2.24) is 21.3 Å². The van der Waals surface area contributed by atoms with Gasteiger partial charge in [-0.25, -0.2) is 0 Å². The second-order valence-electron chi connectivity index (χ2n) is 4.97. The van der Waals surface area contributed by atoms with E-state index in [1.165, 1.54) is 45.2 Å². The number of rotatable bonds is 16. The molecule has 0 amide bonds. The van der Waals surface area contributed by atoms with Crippen molar-refractivity contribution in [3.8, 4) is 0 Å². The average Bonchev–Trinajstić information content (AvgIpc) is 2.43. The van der Waals surface area contributed by atoms with Gasteiger partial charge in [-0.05, 0) is 78.0 Å². The first-order valence-corrected chi connectivity index (χ1v) is 8.24. The first-order valence-electron chi connectivity index (χ1n) is 8.24. The Bertz CT molecular complexity index is 152. The number of halogens is 4. The molecule has 0 radical (unpaired) electrons. The summed E-state index contributed by atoms with van der Waals surface area (Å²) in [6, 6.07) is 0. The van der Waals surface area contributed by atoms with Crippen molar-refractivity contribution in [3.63, 3.8) is 0 Å². The fourth-order valence-corrected chi connectivity index (χ4v) is 1.96. The lowest BCUT2D eigenvalue weighted by atomic mass is 10.2. The molecular weight excluding hydrogens is 556 g/mol. The molecule has 148 valence electrons. The fourth-order valence-electron chi connectivity index (χ4n) is 1.96. The van der Waals surface area contributed by atoms with Crippen LogP contribution in [0.2, 0.25) is 0 Å². The van der Waals surface area contributed by atoms with Crippen LogP contribution in [0.1, 0.15) is 46.0 Å². The molecule has 0 aliphatic heterocycles. The standard InChI is InChI=1S/C15H36N4.4BrH/c1-3-16-12-8-14-18-10-6-5-7-11-19-15-9-13-17-4-2;;;;/h16-19H,3-15H2,1-2H3;4*1H. The van der Waals surface area contributed by atoms with Crippen molar-refractivity contribution >= 4 is 67.9 Å². The molecule has 4 N–H and O–H groups in total. The Hall–Kier alpha value is 1.76. The first-order chi connectivity index (χ1) is 9.41. The van der Waals surface area contributed by atoms with Gasteiger partial charge < -0.3 is 21.3 Å². The van der Waals surface area contributed by atoms with E-state index in [9.17, 15) is 0 Å². The van der Waals surface area contributed by atoms with Crippen molar-refractivity contribution in [2.75, 3.05) is 52.4 Å². The molecule has 0 aromatic heterocycles. The van der Waals surface area contributed by atoms with Crippen LogP contribution in [0.4, 0.5) is 0 Å². The fraction of sp³-hybridized carbons (Fsp3) is 1.00. The van der Waals surface area contributed by atoms with Gasteiger partial charge in [0.1, 0.15) is 0 Å². The molecule has 0 saturated carbocycles. The Morgan fingerprint density at radius 1 is 0.391 bits per heavy atom. The third kappa shape index (κ3) is 35.7. The number of unbranched alkanes of at least 4 members (excludes halogenated alkanes) is 2. The van der Waals surface area contributed by atoms with Crippen molar-refractivity contribution in [3.05, 3.63) is 0 Å². The molecule has 0 atom stereocenters. The van der Waals surface area contributed by atoms with E-state index in [4.69, 9.17) is 0 Å². The highest BCUT2D eigenvalue weighted by Gasteiger charge is 1.91. The molecule has 8 heteroatoms. The highest BCUT2D eigenvalue weighted by molar-refractivity contribution is 8.93. The van der Waals surface area contributed by atoms with Gasteiger partial charge in [0.25, 0.3) is 0 Å². The molecule has 0 heterocycles. The normalized spacial score (nSPS) is 9.13. The number of hydrogen-bond acceptors (Lipinski definition) is 4. The smallest absolute Gasteiger partial charge is 0.00368 e. The molecule has 0 rings (SSSR count). The monoisotopic (exact) mass is 592 g/mol. The summed E-state index contributed by atoms with van der Waals surface area (Å²) < 4.78 is 0. The molecule has 0 aromatic carbocycles. The average molecular weight is 596 g/mol. The van der Waals surface area contributed by atoms with Crippen LogP contribution in [0.5, 0.6) is 0 Å². The van der Waals surface area contributed by atoms with Gasteiger partial charge in [0.15, 0.2) is 0 Å². The Morgan fingerprint density at radius 2 is 0.696 bits per heavy atom. The molecule has 0 aliphatic rings. The summed E-state index contributed by atoms with van der Waals surface area (Å²) in [4.78, 5) is 0. The molecule has 23 heavy (non-hydrogen) atoms. The molecule has 0 aromatic rings. The minimum Gasteiger partial charge on any atom is -0.317 e. The van der Waals surface area contributed by atoms with Gasteiger partial charge in [-0.2, -0.15) is 0 Å². The van der Waals surface area contributed by atoms with Gasteiger partial charge in [0.05, 0.1) is 0 Å². The van der Waals surface area contributed by atoms with E-state index in [2.05, 4.69) is 35.1 Å². The Labute approximate surface area is 186 Å². The maximum absolute atomic E-state index is 3.50. The van der Waals surface area contributed by atoms with E-state index in [0.717, 1.165) is 39.3 Å². The topological polar surface area (TPSA) is 48.1 Å². The minimum absolute atomic E-state index is 0. The first kappa shape index (κ1) is 35.8. The maximum atomic E-state index is 3.50. The summed E-state index contributed by atoms with van der Waals surface area (Å²) >= 11 is 0. The van der Waals surface area contributed by atoms with Gasteiger partial charge in [0.2, 0.25) is 0 Å². The summed E-state index contributed by atoms with van der Waals surface area (Å²) in [5.41, 5.74) is 0. The lowest BCUT2D eigenvalue weighted by Crippen LogP contribution is -2.23. The summed E-state index contributed by atoms with van der Waals surface area (Å²) in [7, 11) is 0. The lowest BCUT2D eigenvalue weighted by Gasteiger charge is -2.06. The Morgan fingerprint density at radius 3 is 1.04 bits per heavy atom. The molecule has 0 unspecified atom stereocenters. The van der Waals surface area contributed by atoms with E-state index in [1.54, 1.807) is 0 Å². The minimum atomic E-state index is 0. The predicted octanol–water partition coefficient (Wildman–Crippen LogP) is 3.65. The van der Waals surface area contributed by atoms with Gasteiger partial charge >= 0.3 is 0 Å². The predicted molar refractivity (Wildman–Crippen MR) is 127 cm³/mol. The Kier molecular flexibility index (Phi) is 54.4. The van der Waals surface area contributed by atoms with E-state index in [1.807, 2.05) is 0 Å². The van der Waals surface area contributed by atoms with Crippen LogP contribution in [-0.4, -0.2) is 52.4 Å². The summed E-state index contributed by atoms with van der Waals surface area (Å²) in [6.45, 7) is 13.4. The number of nitrogens with one attached hydrogen (secondary N) is 4. The van der Waals surface area contributed by atoms with E-state index >= 15 is 0 Å². The maximum Gasteiger partial charge on any atom is -0.00368 e. The van der Waals surface area contributed by atoms with Gasteiger partial charge in [-0.1, -0.05) is 20.3 Å². The highest BCUT2D eigenvalue weighted by Crippen LogP contribution is 1.92. The van der Waals surface area contributed by atoms with E-state index in [0.29, 0.717) is 0 Å². The third-order valence-corrected chi connectivity index (χ3v) is 3.12. The summed E-state index contributed by atoms with van der Waals surface area (Å²) in [5, 5.41) is 13.7. The third-order valence-electron chi connectivity index (χ3n) is 3.12. The van der Waals surface area contributed by atoms with Crippen LogP contribution in [-0.2, 0) is 0 Å². The zero-order valence-electron chi connectivity index (χ0n) is 14.8. The van der Waals surface area contributed by atoms with Crippen LogP contribution >= 0.6 is 67.9 Å². The van der Waals surface area contributed by atoms with Crippen LogP contribution in [0.25, 0.3) is 0 Å². The zero-order chi connectivity index (χ0) is 14.0. The molecule has 4 nitrogen and oxygen atoms in total. The van der Waals surface area contributed by atoms with Crippen molar-refractivity contribution in [2.45, 2.75) is 46.0 Å². The van der Waals surface area contributed by atoms with Crippen LogP contribution in [0.15, 0.2) is 0 Å². The SMILES string of the molecule is Br.Br.Br.Br.CCNCCCNCCCCCNCCCNCC. The van der Waals surface area contributed by atoms with E-state index < -0.39 is 0 Å². The van der Waals surface area contributed by atoms with E-state index in [-0.39, 0.29) is 67.9 Å². The van der Waals surface area contributed by atoms with Gasteiger partial charge in [-0.15, -0.1) is 67.9 Å². The molecular formula is C15H40Br4N4. The number of hydrogen-bond donors (Lipinski definition) is 4. The molecule has 0 aliphatic carbocycles. The quantitative estimate of drug-likeness (QED) is 0.206. The molecule has 0 fully saturated rings. The second-order valence-corrected chi connectivity index (χ2v) is 4.97. The van der Waals surface area contributed by atoms with Crippen LogP contribution in [0.3, 0.4) is 0 Å². The molecule has 0 saturated heterocycles. The summed E-state index contributed by atoms with van der Waals surface area (Å²) in [6.07, 6.45) is 6.42. The highest BCUT2D eigenvalue weighted by atomic mass is 79.9. The largest absolute Gasteiger partial charge is 0.317 e. The van der Waals surface area contributed by atoms with Crippen LogP contribution in [0, 0.1) is 0 Å². The second kappa shape index (κ2) is 35.0.